The van der Waals surface area contributed by atoms with Crippen molar-refractivity contribution >= 4 is 16.6 Å². The number of benzene rings is 1. The minimum Gasteiger partial charge on any atom is -0.501 e. The highest BCUT2D eigenvalue weighted by molar-refractivity contribution is 5.91. The summed E-state index contributed by atoms with van der Waals surface area (Å²) in [4.78, 5) is 23.7. The van der Waals surface area contributed by atoms with Gasteiger partial charge in [-0.2, -0.15) is 0 Å². The Hall–Kier alpha value is -2.37. The molecule has 1 aromatic heterocycles. The zero-order valence-electron chi connectivity index (χ0n) is 9.27. The number of nitrogens with one attached hydrogen (secondary N) is 1. The van der Waals surface area contributed by atoms with E-state index >= 15 is 0 Å². The maximum atomic E-state index is 11.5. The van der Waals surface area contributed by atoms with Gasteiger partial charge in [0.1, 0.15) is 0 Å². The fraction of sp³-hybridized carbons (Fsp3) is 0.182. The van der Waals surface area contributed by atoms with Gasteiger partial charge in [0.15, 0.2) is 0 Å². The van der Waals surface area contributed by atoms with Crippen LogP contribution in [0.2, 0.25) is 0 Å². The molecule has 0 unspecified atom stereocenters. The van der Waals surface area contributed by atoms with Gasteiger partial charge in [0.2, 0.25) is 5.75 Å². The van der Waals surface area contributed by atoms with Crippen molar-refractivity contribution in [3.63, 3.8) is 0 Å². The molecule has 0 fully saturated rings. The average Bonchev–Trinajstić information content (AvgIpc) is 2.13. The second-order valence-electron chi connectivity index (χ2n) is 3.91. The first-order chi connectivity index (χ1) is 7.91. The van der Waals surface area contributed by atoms with Crippen LogP contribution in [0.3, 0.4) is 0 Å². The number of H-pyrrole nitrogens is 1. The van der Waals surface area contributed by atoms with Gasteiger partial charge in [-0.1, -0.05) is 6.07 Å². The first-order valence-corrected chi connectivity index (χ1v) is 4.92. The highest BCUT2D eigenvalue weighted by Gasteiger charge is 2.23. The Balaban J connectivity index is 3.03. The summed E-state index contributed by atoms with van der Waals surface area (Å²) in [6.45, 7) is 3.56. The van der Waals surface area contributed by atoms with Crippen LogP contribution in [0.1, 0.15) is 11.1 Å². The first-order valence-electron chi connectivity index (χ1n) is 4.92. The molecule has 0 aliphatic rings. The Kier molecular flexibility index (Phi) is 2.35. The Labute approximate surface area is 95.7 Å². The number of nitro groups is 1. The molecule has 0 spiro atoms. The van der Waals surface area contributed by atoms with Gasteiger partial charge < -0.3 is 10.1 Å². The van der Waals surface area contributed by atoms with Crippen LogP contribution in [0, 0.1) is 24.0 Å². The van der Waals surface area contributed by atoms with E-state index in [4.69, 9.17) is 0 Å². The van der Waals surface area contributed by atoms with Crippen molar-refractivity contribution < 1.29 is 10.0 Å². The summed E-state index contributed by atoms with van der Waals surface area (Å²) >= 11 is 0. The third kappa shape index (κ3) is 1.63. The Morgan fingerprint density at radius 3 is 2.59 bits per heavy atom. The molecule has 0 aliphatic heterocycles. The second-order valence-corrected chi connectivity index (χ2v) is 3.91. The first kappa shape index (κ1) is 11.1. The molecule has 2 rings (SSSR count). The van der Waals surface area contributed by atoms with Crippen LogP contribution < -0.4 is 5.56 Å². The Morgan fingerprint density at radius 2 is 2.00 bits per heavy atom. The summed E-state index contributed by atoms with van der Waals surface area (Å²) < 4.78 is 0. The molecule has 6 heteroatoms. The lowest BCUT2D eigenvalue weighted by Gasteiger charge is -2.06. The summed E-state index contributed by atoms with van der Waals surface area (Å²) in [6.07, 6.45) is 0. The third-order valence-electron chi connectivity index (χ3n) is 2.59. The zero-order valence-corrected chi connectivity index (χ0v) is 9.27. The molecule has 0 amide bonds. The summed E-state index contributed by atoms with van der Waals surface area (Å²) in [7, 11) is 0. The lowest BCUT2D eigenvalue weighted by molar-refractivity contribution is -0.387. The molecule has 2 aromatic rings. The number of hydrogen-bond acceptors (Lipinski definition) is 4. The number of fused-ring (bicyclic) bond motifs is 1. The monoisotopic (exact) mass is 234 g/mol. The number of hydrogen-bond donors (Lipinski definition) is 2. The lowest BCUT2D eigenvalue weighted by atomic mass is 10.0. The van der Waals surface area contributed by atoms with E-state index in [9.17, 15) is 20.0 Å². The second kappa shape index (κ2) is 3.58. The van der Waals surface area contributed by atoms with Crippen molar-refractivity contribution in [2.24, 2.45) is 0 Å². The molecule has 6 nitrogen and oxygen atoms in total. The predicted octanol–water partition coefficient (Wildman–Crippen LogP) is 1.76. The SMILES string of the molecule is Cc1cc(C)c2c(O)c([N+](=O)[O-])c(=O)[nH]c2c1. The fourth-order valence-electron chi connectivity index (χ4n) is 1.96. The van der Waals surface area contributed by atoms with Crippen molar-refractivity contribution in [2.45, 2.75) is 13.8 Å². The van der Waals surface area contributed by atoms with Crippen molar-refractivity contribution in [1.82, 2.24) is 4.98 Å². The van der Waals surface area contributed by atoms with E-state index < -0.39 is 21.9 Å². The summed E-state index contributed by atoms with van der Waals surface area (Å²) in [5.74, 6) is -0.578. The van der Waals surface area contributed by atoms with Crippen LogP contribution in [0.5, 0.6) is 5.75 Å². The molecule has 1 aromatic carbocycles. The molecule has 88 valence electrons. The smallest absolute Gasteiger partial charge is 0.375 e. The maximum Gasteiger partial charge on any atom is 0.375 e. The molecule has 1 heterocycles. The van der Waals surface area contributed by atoms with E-state index in [1.54, 1.807) is 19.1 Å². The summed E-state index contributed by atoms with van der Waals surface area (Å²) in [6, 6.07) is 3.44. The fourth-order valence-corrected chi connectivity index (χ4v) is 1.96. The van der Waals surface area contributed by atoms with Crippen LogP contribution in [-0.2, 0) is 0 Å². The van der Waals surface area contributed by atoms with E-state index in [-0.39, 0.29) is 0 Å². The van der Waals surface area contributed by atoms with E-state index in [1.165, 1.54) is 0 Å². The molecule has 2 N–H and O–H groups in total. The van der Waals surface area contributed by atoms with Gasteiger partial charge in [-0.05, 0) is 31.0 Å². The molecule has 0 atom stereocenters. The van der Waals surface area contributed by atoms with Gasteiger partial charge in [0.05, 0.1) is 15.8 Å². The molecular formula is C11H10N2O4. The third-order valence-corrected chi connectivity index (χ3v) is 2.59. The van der Waals surface area contributed by atoms with Crippen LogP contribution >= 0.6 is 0 Å². The van der Waals surface area contributed by atoms with E-state index in [0.717, 1.165) is 5.56 Å². The van der Waals surface area contributed by atoms with Gasteiger partial charge in [0, 0.05) is 0 Å². The largest absolute Gasteiger partial charge is 0.501 e. The molecule has 0 radical (unpaired) electrons. The van der Waals surface area contributed by atoms with Crippen molar-refractivity contribution in [2.75, 3.05) is 0 Å². The predicted molar refractivity (Wildman–Crippen MR) is 62.4 cm³/mol. The van der Waals surface area contributed by atoms with Gasteiger partial charge in [0.25, 0.3) is 0 Å². The van der Waals surface area contributed by atoms with Crippen LogP contribution in [-0.4, -0.2) is 15.0 Å². The number of pyridine rings is 1. The molecule has 0 aliphatic carbocycles. The summed E-state index contributed by atoms with van der Waals surface area (Å²) in [5.41, 5.74) is 0.265. The standard InChI is InChI=1S/C11H10N2O4/c1-5-3-6(2)8-7(4-5)12-11(15)9(10(8)14)13(16)17/h3-4H,1-2H3,(H2,12,14,15). The Morgan fingerprint density at radius 1 is 1.35 bits per heavy atom. The number of aromatic hydroxyl groups is 1. The van der Waals surface area contributed by atoms with E-state index in [1.807, 2.05) is 6.92 Å². The lowest BCUT2D eigenvalue weighted by Crippen LogP contribution is -2.12. The van der Waals surface area contributed by atoms with Gasteiger partial charge in [-0.3, -0.25) is 14.9 Å². The highest BCUT2D eigenvalue weighted by Crippen LogP contribution is 2.32. The maximum absolute atomic E-state index is 11.5. The van der Waals surface area contributed by atoms with Gasteiger partial charge >= 0.3 is 11.2 Å². The van der Waals surface area contributed by atoms with E-state index in [2.05, 4.69) is 4.98 Å². The number of rotatable bonds is 1. The van der Waals surface area contributed by atoms with Crippen LogP contribution in [0.25, 0.3) is 10.9 Å². The molecule has 0 bridgehead atoms. The average molecular weight is 234 g/mol. The zero-order chi connectivity index (χ0) is 12.7. The number of nitrogens with zero attached hydrogens (tertiary/aromatic N) is 1. The molecule has 17 heavy (non-hydrogen) atoms. The minimum atomic E-state index is -0.898. The molecule has 0 saturated carbocycles. The van der Waals surface area contributed by atoms with Gasteiger partial charge in [-0.25, -0.2) is 0 Å². The van der Waals surface area contributed by atoms with Crippen LogP contribution in [0.15, 0.2) is 16.9 Å². The number of aryl methyl sites for hydroxylation is 2. The topological polar surface area (TPSA) is 96.2 Å². The number of aromatic amines is 1. The highest BCUT2D eigenvalue weighted by atomic mass is 16.6. The summed E-state index contributed by atoms with van der Waals surface area (Å²) in [5, 5.41) is 20.8. The normalized spacial score (nSPS) is 10.7. The quantitative estimate of drug-likeness (QED) is 0.580. The van der Waals surface area contributed by atoms with Crippen molar-refractivity contribution in [3.05, 3.63) is 43.7 Å². The van der Waals surface area contributed by atoms with E-state index in [0.29, 0.717) is 16.5 Å². The Bertz CT molecular complexity index is 688. The van der Waals surface area contributed by atoms with Crippen molar-refractivity contribution in [3.8, 4) is 5.75 Å². The number of aromatic nitrogens is 1. The minimum absolute atomic E-state index is 0.307. The van der Waals surface area contributed by atoms with Crippen LogP contribution in [0.4, 0.5) is 5.69 Å². The molecular weight excluding hydrogens is 224 g/mol. The van der Waals surface area contributed by atoms with Crippen molar-refractivity contribution in [1.29, 1.82) is 0 Å². The molecule has 0 saturated heterocycles. The van der Waals surface area contributed by atoms with Gasteiger partial charge in [-0.15, -0.1) is 0 Å².